The van der Waals surface area contributed by atoms with Gasteiger partial charge in [-0.1, -0.05) is 23.7 Å². The number of carbonyl (C=O) groups is 2. The lowest BCUT2D eigenvalue weighted by Gasteiger charge is -2.16. The molecule has 0 bridgehead atoms. The Morgan fingerprint density at radius 3 is 2.61 bits per heavy atom. The first-order valence-electron chi connectivity index (χ1n) is 5.87. The second-order valence-electron chi connectivity index (χ2n) is 4.06. The summed E-state index contributed by atoms with van der Waals surface area (Å²) in [4.78, 5) is 22.9. The monoisotopic (exact) mass is 254 g/mol. The van der Waals surface area contributed by atoms with Gasteiger partial charge in [0.2, 0.25) is 11.8 Å². The smallest absolute Gasteiger partial charge is 0.242 e. The van der Waals surface area contributed by atoms with Crippen LogP contribution < -0.4 is 10.6 Å². The fourth-order valence-electron chi connectivity index (χ4n) is 1.51. The van der Waals surface area contributed by atoms with Gasteiger partial charge in [-0.2, -0.15) is 0 Å². The van der Waals surface area contributed by atoms with Crippen molar-refractivity contribution in [2.24, 2.45) is 0 Å². The van der Waals surface area contributed by atoms with Crippen molar-refractivity contribution in [3.8, 4) is 0 Å². The molecule has 1 rings (SSSR count). The number of nitrogens with zero attached hydrogens (tertiary/aromatic N) is 2. The number of amides is 2. The van der Waals surface area contributed by atoms with E-state index < -0.39 is 6.04 Å². The molecule has 1 unspecified atom stereocenters. The summed E-state index contributed by atoms with van der Waals surface area (Å²) in [7, 11) is 0. The molecule has 0 radical (unpaired) electrons. The predicted octanol–water partition coefficient (Wildman–Crippen LogP) is 0.299. The summed E-state index contributed by atoms with van der Waals surface area (Å²) in [5, 5.41) is 12.6. The Bertz CT molecular complexity index is 416. The molecule has 1 aromatic heterocycles. The Hall–Kier alpha value is -1.92. The minimum atomic E-state index is -0.507. The van der Waals surface area contributed by atoms with Gasteiger partial charge in [-0.15, -0.1) is 0 Å². The lowest BCUT2D eigenvalue weighted by Crippen LogP contribution is -2.45. The summed E-state index contributed by atoms with van der Waals surface area (Å²) < 4.78 is 4.53. The van der Waals surface area contributed by atoms with E-state index in [0.717, 1.165) is 6.42 Å². The normalized spacial score (nSPS) is 11.9. The van der Waals surface area contributed by atoms with E-state index in [9.17, 15) is 9.59 Å². The number of aryl methyl sites for hydroxylation is 1. The third kappa shape index (κ3) is 4.15. The summed E-state index contributed by atoms with van der Waals surface area (Å²) >= 11 is 0. The second kappa shape index (κ2) is 6.73. The van der Waals surface area contributed by atoms with Crippen molar-refractivity contribution in [1.29, 1.82) is 0 Å². The quantitative estimate of drug-likeness (QED) is 0.761. The molecule has 100 valence electrons. The molecule has 2 N–H and O–H groups in total. The molecule has 7 heteroatoms. The van der Waals surface area contributed by atoms with Gasteiger partial charge < -0.3 is 10.6 Å². The molecular formula is C11H18N4O3. The van der Waals surface area contributed by atoms with Gasteiger partial charge in [-0.25, -0.2) is 4.63 Å². The van der Waals surface area contributed by atoms with Gasteiger partial charge in [0.1, 0.15) is 17.4 Å². The molecule has 0 aliphatic rings. The van der Waals surface area contributed by atoms with E-state index in [1.807, 2.05) is 6.92 Å². The maximum atomic E-state index is 11.9. The van der Waals surface area contributed by atoms with Crippen molar-refractivity contribution in [2.75, 3.05) is 0 Å². The molecule has 1 heterocycles. The lowest BCUT2D eigenvalue weighted by atomic mass is 10.1. The van der Waals surface area contributed by atoms with Gasteiger partial charge in [0, 0.05) is 6.92 Å². The fraction of sp³-hybridized carbons (Fsp3) is 0.636. The van der Waals surface area contributed by atoms with Crippen LogP contribution in [0.1, 0.15) is 38.1 Å². The number of carbonyl (C=O) groups excluding carboxylic acids is 2. The molecule has 1 atom stereocenters. The molecule has 7 nitrogen and oxygen atoms in total. The Balaban J connectivity index is 2.51. The Morgan fingerprint density at radius 2 is 2.11 bits per heavy atom. The van der Waals surface area contributed by atoms with Gasteiger partial charge in [0.15, 0.2) is 0 Å². The third-order valence-electron chi connectivity index (χ3n) is 2.45. The van der Waals surface area contributed by atoms with Crippen LogP contribution in [0.2, 0.25) is 0 Å². The molecule has 0 saturated carbocycles. The molecule has 0 aliphatic carbocycles. The summed E-state index contributed by atoms with van der Waals surface area (Å²) in [6.45, 7) is 5.33. The number of rotatable bonds is 6. The molecule has 0 spiro atoms. The van der Waals surface area contributed by atoms with Crippen molar-refractivity contribution in [3.63, 3.8) is 0 Å². The highest BCUT2D eigenvalue weighted by Gasteiger charge is 2.18. The summed E-state index contributed by atoms with van der Waals surface area (Å²) in [5.41, 5.74) is 1.23. The third-order valence-corrected chi connectivity index (χ3v) is 2.45. The van der Waals surface area contributed by atoms with Crippen LogP contribution in [0.4, 0.5) is 0 Å². The van der Waals surface area contributed by atoms with E-state index in [1.165, 1.54) is 6.92 Å². The molecule has 0 fully saturated rings. The molecule has 18 heavy (non-hydrogen) atoms. The van der Waals surface area contributed by atoms with E-state index in [2.05, 4.69) is 25.6 Å². The van der Waals surface area contributed by atoms with Crippen molar-refractivity contribution in [3.05, 3.63) is 11.4 Å². The van der Waals surface area contributed by atoms with Crippen LogP contribution in [0.15, 0.2) is 4.63 Å². The summed E-state index contributed by atoms with van der Waals surface area (Å²) in [6, 6.07) is -0.507. The molecule has 0 aromatic carbocycles. The standard InChI is InChI=1S/C11H18N4O3/c1-4-5-9(13-8(3)16)11(17)12-6-10-7(2)14-18-15-10/h9H,4-6H2,1-3H3,(H,12,17)(H,13,16). The van der Waals surface area contributed by atoms with Crippen LogP contribution in [0.5, 0.6) is 0 Å². The largest absolute Gasteiger partial charge is 0.348 e. The van der Waals surface area contributed by atoms with Crippen LogP contribution >= 0.6 is 0 Å². The second-order valence-corrected chi connectivity index (χ2v) is 4.06. The van der Waals surface area contributed by atoms with Crippen molar-refractivity contribution < 1.29 is 14.2 Å². The van der Waals surface area contributed by atoms with Crippen LogP contribution in [0.3, 0.4) is 0 Å². The predicted molar refractivity (Wildman–Crippen MR) is 63.4 cm³/mol. The first-order chi connectivity index (χ1) is 8.54. The van der Waals surface area contributed by atoms with E-state index in [-0.39, 0.29) is 18.4 Å². The van der Waals surface area contributed by atoms with Gasteiger partial charge in [0.05, 0.1) is 6.54 Å². The van der Waals surface area contributed by atoms with Crippen LogP contribution in [-0.4, -0.2) is 28.2 Å². The number of hydrogen-bond donors (Lipinski definition) is 2. The Kier molecular flexibility index (Phi) is 5.29. The van der Waals surface area contributed by atoms with E-state index in [1.54, 1.807) is 6.92 Å². The highest BCUT2D eigenvalue weighted by Crippen LogP contribution is 2.01. The van der Waals surface area contributed by atoms with E-state index in [0.29, 0.717) is 17.8 Å². The van der Waals surface area contributed by atoms with Gasteiger partial charge in [0.25, 0.3) is 0 Å². The maximum Gasteiger partial charge on any atom is 0.242 e. The zero-order valence-electron chi connectivity index (χ0n) is 10.8. The average molecular weight is 254 g/mol. The molecule has 2 amide bonds. The van der Waals surface area contributed by atoms with Crippen LogP contribution in [0, 0.1) is 6.92 Å². The lowest BCUT2D eigenvalue weighted by molar-refractivity contribution is -0.128. The summed E-state index contributed by atoms with van der Waals surface area (Å²) in [6.07, 6.45) is 1.41. The number of aromatic nitrogens is 2. The Labute approximate surface area is 105 Å². The maximum absolute atomic E-state index is 11.9. The van der Waals surface area contributed by atoms with Crippen LogP contribution in [-0.2, 0) is 16.1 Å². The number of hydrogen-bond acceptors (Lipinski definition) is 5. The molecule has 0 aliphatic heterocycles. The molecule has 1 aromatic rings. The minimum Gasteiger partial charge on any atom is -0.348 e. The van der Waals surface area contributed by atoms with Gasteiger partial charge in [-0.05, 0) is 13.3 Å². The average Bonchev–Trinajstić information content (AvgIpc) is 2.70. The SMILES string of the molecule is CCCC(NC(C)=O)C(=O)NCc1nonc1C. The van der Waals surface area contributed by atoms with Crippen molar-refractivity contribution in [1.82, 2.24) is 20.9 Å². The van der Waals surface area contributed by atoms with Crippen molar-refractivity contribution in [2.45, 2.75) is 46.2 Å². The van der Waals surface area contributed by atoms with E-state index in [4.69, 9.17) is 0 Å². The minimum absolute atomic E-state index is 0.220. The number of nitrogens with one attached hydrogen (secondary N) is 2. The van der Waals surface area contributed by atoms with Gasteiger partial charge >= 0.3 is 0 Å². The van der Waals surface area contributed by atoms with Crippen molar-refractivity contribution >= 4 is 11.8 Å². The Morgan fingerprint density at radius 1 is 1.39 bits per heavy atom. The van der Waals surface area contributed by atoms with Gasteiger partial charge in [-0.3, -0.25) is 9.59 Å². The first kappa shape index (κ1) is 14.1. The first-order valence-corrected chi connectivity index (χ1v) is 5.87. The fourth-order valence-corrected chi connectivity index (χ4v) is 1.51. The highest BCUT2D eigenvalue weighted by atomic mass is 16.6. The highest BCUT2D eigenvalue weighted by molar-refractivity contribution is 5.86. The zero-order chi connectivity index (χ0) is 13.5. The summed E-state index contributed by atoms with van der Waals surface area (Å²) in [5.74, 6) is -0.447. The molecular weight excluding hydrogens is 236 g/mol. The zero-order valence-corrected chi connectivity index (χ0v) is 10.8. The van der Waals surface area contributed by atoms with Crippen LogP contribution in [0.25, 0.3) is 0 Å². The topological polar surface area (TPSA) is 97.1 Å². The molecule has 0 saturated heterocycles. The van der Waals surface area contributed by atoms with E-state index >= 15 is 0 Å².